The van der Waals surface area contributed by atoms with Gasteiger partial charge in [0.15, 0.2) is 0 Å². The van der Waals surface area contributed by atoms with E-state index >= 15 is 0 Å². The molecule has 2 N–H and O–H groups in total. The molecule has 0 heterocycles. The fourth-order valence-corrected chi connectivity index (χ4v) is 2.74. The Morgan fingerprint density at radius 2 is 2.00 bits per heavy atom. The van der Waals surface area contributed by atoms with E-state index < -0.39 is 16.9 Å². The lowest BCUT2D eigenvalue weighted by atomic mass is 10.0. The Bertz CT molecular complexity index is 853. The molecule has 0 saturated heterocycles. The van der Waals surface area contributed by atoms with Gasteiger partial charge in [0.25, 0.3) is 5.69 Å². The monoisotopic (exact) mass is 388 g/mol. The number of nitrogens with zero attached hydrogens (tertiary/aromatic N) is 1. The summed E-state index contributed by atoms with van der Waals surface area (Å²) in [5.74, 6) is 0.698. The summed E-state index contributed by atoms with van der Waals surface area (Å²) in [5.41, 5.74) is 8.06. The Kier molecular flexibility index (Phi) is 7.34. The summed E-state index contributed by atoms with van der Waals surface area (Å²) in [6, 6.07) is 9.31. The zero-order valence-corrected chi connectivity index (χ0v) is 16.1. The third-order valence-electron chi connectivity index (χ3n) is 4.15. The van der Waals surface area contributed by atoms with E-state index in [0.29, 0.717) is 23.5 Å². The molecule has 0 bridgehead atoms. The van der Waals surface area contributed by atoms with Gasteiger partial charge in [-0.3, -0.25) is 14.9 Å². The highest BCUT2D eigenvalue weighted by Crippen LogP contribution is 2.26. The molecule has 1 atom stereocenters. The molecule has 2 aromatic carbocycles. The molecule has 0 aliphatic heterocycles. The van der Waals surface area contributed by atoms with Crippen LogP contribution in [0.5, 0.6) is 11.5 Å². The van der Waals surface area contributed by atoms with E-state index in [4.69, 9.17) is 19.9 Å². The number of carbonyl (C=O) groups is 1. The molecule has 0 radical (unpaired) electrons. The van der Waals surface area contributed by atoms with E-state index in [1.54, 1.807) is 39.2 Å². The summed E-state index contributed by atoms with van der Waals surface area (Å²) < 4.78 is 16.1. The minimum atomic E-state index is -0.751. The highest BCUT2D eigenvalue weighted by atomic mass is 16.6. The van der Waals surface area contributed by atoms with Crippen molar-refractivity contribution in [3.8, 4) is 11.5 Å². The van der Waals surface area contributed by atoms with Gasteiger partial charge in [0.1, 0.15) is 24.1 Å². The summed E-state index contributed by atoms with van der Waals surface area (Å²) in [6.07, 6.45) is 0.326. The SMILES string of the molecule is CCOC(=O)C(N)Cc1ccc(OC)c(COc2ccc([N+](=O)[O-])c(C)c2)c1. The molecule has 0 amide bonds. The first kappa shape index (κ1) is 21.2. The topological polar surface area (TPSA) is 114 Å². The smallest absolute Gasteiger partial charge is 0.323 e. The first-order chi connectivity index (χ1) is 13.3. The van der Waals surface area contributed by atoms with E-state index in [9.17, 15) is 14.9 Å². The largest absolute Gasteiger partial charge is 0.496 e. The quantitative estimate of drug-likeness (QED) is 0.399. The maximum absolute atomic E-state index is 11.7. The Morgan fingerprint density at radius 3 is 2.61 bits per heavy atom. The molecule has 28 heavy (non-hydrogen) atoms. The van der Waals surface area contributed by atoms with Crippen LogP contribution in [0.25, 0.3) is 0 Å². The first-order valence-electron chi connectivity index (χ1n) is 8.81. The molecule has 0 fully saturated rings. The van der Waals surface area contributed by atoms with Crippen molar-refractivity contribution in [2.24, 2.45) is 5.73 Å². The number of hydrogen-bond donors (Lipinski definition) is 1. The number of ether oxygens (including phenoxy) is 3. The second-order valence-corrected chi connectivity index (χ2v) is 6.20. The number of rotatable bonds is 9. The Balaban J connectivity index is 2.12. The third-order valence-corrected chi connectivity index (χ3v) is 4.15. The van der Waals surface area contributed by atoms with Gasteiger partial charge >= 0.3 is 5.97 Å². The summed E-state index contributed by atoms with van der Waals surface area (Å²) >= 11 is 0. The van der Waals surface area contributed by atoms with Crippen molar-refractivity contribution < 1.29 is 23.9 Å². The minimum absolute atomic E-state index is 0.0416. The molecular weight excluding hydrogens is 364 g/mol. The molecule has 0 spiro atoms. The molecule has 0 saturated carbocycles. The van der Waals surface area contributed by atoms with Gasteiger partial charge in [0.2, 0.25) is 0 Å². The number of nitro groups is 1. The molecule has 0 aliphatic carbocycles. The first-order valence-corrected chi connectivity index (χ1v) is 8.81. The van der Waals surface area contributed by atoms with E-state index in [2.05, 4.69) is 0 Å². The Morgan fingerprint density at radius 1 is 1.25 bits per heavy atom. The standard InChI is InChI=1S/C20H24N2O6/c1-4-27-20(23)17(21)11-14-5-8-19(26-3)15(10-14)12-28-16-6-7-18(22(24)25)13(2)9-16/h5-10,17H,4,11-12,21H2,1-3H3. The number of hydrogen-bond acceptors (Lipinski definition) is 7. The van der Waals surface area contributed by atoms with Crippen molar-refractivity contribution in [2.75, 3.05) is 13.7 Å². The molecule has 8 nitrogen and oxygen atoms in total. The molecule has 8 heteroatoms. The normalized spacial score (nSPS) is 11.6. The van der Waals surface area contributed by atoms with Gasteiger partial charge in [-0.1, -0.05) is 6.07 Å². The van der Waals surface area contributed by atoms with Crippen molar-refractivity contribution in [3.63, 3.8) is 0 Å². The van der Waals surface area contributed by atoms with Gasteiger partial charge in [-0.25, -0.2) is 0 Å². The average Bonchev–Trinajstić information content (AvgIpc) is 2.66. The van der Waals surface area contributed by atoms with Gasteiger partial charge < -0.3 is 19.9 Å². The molecular formula is C20H24N2O6. The van der Waals surface area contributed by atoms with E-state index in [0.717, 1.165) is 11.1 Å². The van der Waals surface area contributed by atoms with Crippen molar-refractivity contribution in [1.29, 1.82) is 0 Å². The number of methoxy groups -OCH3 is 1. The van der Waals surface area contributed by atoms with Crippen LogP contribution in [0.3, 0.4) is 0 Å². The number of nitrogens with two attached hydrogens (primary N) is 1. The summed E-state index contributed by atoms with van der Waals surface area (Å²) in [5, 5.41) is 10.9. The zero-order valence-electron chi connectivity index (χ0n) is 16.1. The average molecular weight is 388 g/mol. The maximum Gasteiger partial charge on any atom is 0.323 e. The van der Waals surface area contributed by atoms with Gasteiger partial charge in [-0.05, 0) is 50.1 Å². The van der Waals surface area contributed by atoms with E-state index in [-0.39, 0.29) is 18.9 Å². The molecule has 0 aromatic heterocycles. The Labute approximate surface area is 163 Å². The predicted molar refractivity (Wildman–Crippen MR) is 103 cm³/mol. The summed E-state index contributed by atoms with van der Waals surface area (Å²) in [4.78, 5) is 22.2. The number of aryl methyl sites for hydroxylation is 1. The van der Waals surface area contributed by atoms with E-state index in [1.165, 1.54) is 6.07 Å². The Hall–Kier alpha value is -3.13. The highest BCUT2D eigenvalue weighted by molar-refractivity contribution is 5.75. The van der Waals surface area contributed by atoms with Crippen molar-refractivity contribution in [3.05, 3.63) is 63.2 Å². The van der Waals surface area contributed by atoms with Crippen LogP contribution in [0.1, 0.15) is 23.6 Å². The number of nitro benzene ring substituents is 1. The van der Waals surface area contributed by atoms with E-state index in [1.807, 2.05) is 12.1 Å². The lowest BCUT2D eigenvalue weighted by Gasteiger charge is -2.14. The lowest BCUT2D eigenvalue weighted by molar-refractivity contribution is -0.385. The highest BCUT2D eigenvalue weighted by Gasteiger charge is 2.16. The van der Waals surface area contributed by atoms with Crippen LogP contribution in [0.15, 0.2) is 36.4 Å². The van der Waals surface area contributed by atoms with Crippen molar-refractivity contribution in [1.82, 2.24) is 0 Å². The number of carbonyl (C=O) groups excluding carboxylic acids is 1. The van der Waals surface area contributed by atoms with Gasteiger partial charge in [-0.2, -0.15) is 0 Å². The van der Waals surface area contributed by atoms with Crippen LogP contribution >= 0.6 is 0 Å². The van der Waals surface area contributed by atoms with Crippen LogP contribution in [0, 0.1) is 17.0 Å². The molecule has 1 unspecified atom stereocenters. The predicted octanol–water partition coefficient (Wildman–Crippen LogP) is 2.92. The fraction of sp³-hybridized carbons (Fsp3) is 0.350. The zero-order chi connectivity index (χ0) is 20.7. The molecule has 150 valence electrons. The van der Waals surface area contributed by atoms with Crippen LogP contribution < -0.4 is 15.2 Å². The van der Waals surface area contributed by atoms with Crippen LogP contribution in [0.2, 0.25) is 0 Å². The minimum Gasteiger partial charge on any atom is -0.496 e. The second kappa shape index (κ2) is 9.70. The van der Waals surface area contributed by atoms with Gasteiger partial charge in [-0.15, -0.1) is 0 Å². The lowest BCUT2D eigenvalue weighted by Crippen LogP contribution is -2.34. The summed E-state index contributed by atoms with van der Waals surface area (Å²) in [6.45, 7) is 3.86. The fourth-order valence-electron chi connectivity index (χ4n) is 2.74. The third kappa shape index (κ3) is 5.43. The molecule has 2 aromatic rings. The van der Waals surface area contributed by atoms with Gasteiger partial charge in [0.05, 0.1) is 18.6 Å². The second-order valence-electron chi connectivity index (χ2n) is 6.20. The number of benzene rings is 2. The van der Waals surface area contributed by atoms with Crippen LogP contribution in [-0.2, 0) is 22.6 Å². The summed E-state index contributed by atoms with van der Waals surface area (Å²) in [7, 11) is 1.55. The van der Waals surface area contributed by atoms with Gasteiger partial charge in [0, 0.05) is 17.2 Å². The van der Waals surface area contributed by atoms with Crippen LogP contribution in [0.4, 0.5) is 5.69 Å². The molecule has 0 aliphatic rings. The van der Waals surface area contributed by atoms with Crippen LogP contribution in [-0.4, -0.2) is 30.7 Å². The number of esters is 1. The maximum atomic E-state index is 11.7. The van der Waals surface area contributed by atoms with Crippen molar-refractivity contribution in [2.45, 2.75) is 32.9 Å². The van der Waals surface area contributed by atoms with Crippen molar-refractivity contribution >= 4 is 11.7 Å². The molecule has 2 rings (SSSR count).